The van der Waals surface area contributed by atoms with Crippen LogP contribution < -0.4 is 15.0 Å². The highest BCUT2D eigenvalue weighted by atomic mass is 35.5. The van der Waals surface area contributed by atoms with E-state index in [0.717, 1.165) is 16.9 Å². The maximum Gasteiger partial charge on any atom is 0.410 e. The predicted molar refractivity (Wildman–Crippen MR) is 152 cm³/mol. The van der Waals surface area contributed by atoms with E-state index in [2.05, 4.69) is 39.6 Å². The Kier molecular flexibility index (Phi) is 6.48. The lowest BCUT2D eigenvalue weighted by Crippen LogP contribution is -2.27. The number of aromatic nitrogens is 2. The molecule has 9 heteroatoms. The molecule has 0 bridgehead atoms. The molecule has 198 valence electrons. The first kappa shape index (κ1) is 25.0. The smallest absolute Gasteiger partial charge is 0.410 e. The number of hydrogen-bond donors (Lipinski definition) is 1. The second-order valence-electron chi connectivity index (χ2n) is 9.87. The zero-order valence-corrected chi connectivity index (χ0v) is 22.7. The van der Waals surface area contributed by atoms with Crippen LogP contribution in [-0.4, -0.2) is 48.8 Å². The van der Waals surface area contributed by atoms with Gasteiger partial charge in [-0.15, -0.1) is 0 Å². The van der Waals surface area contributed by atoms with Crippen LogP contribution in [-0.2, 0) is 17.8 Å². The van der Waals surface area contributed by atoms with Crippen molar-refractivity contribution < 1.29 is 14.3 Å². The summed E-state index contributed by atoms with van der Waals surface area (Å²) in [5.41, 5.74) is 8.00. The highest BCUT2D eigenvalue weighted by molar-refractivity contribution is 6.28. The van der Waals surface area contributed by atoms with Gasteiger partial charge in [-0.25, -0.2) is 14.8 Å². The largest absolute Gasteiger partial charge is 0.497 e. The van der Waals surface area contributed by atoms with Crippen molar-refractivity contribution in [1.29, 1.82) is 0 Å². The molecule has 0 spiro atoms. The van der Waals surface area contributed by atoms with Gasteiger partial charge in [0.1, 0.15) is 18.2 Å². The summed E-state index contributed by atoms with van der Waals surface area (Å²) >= 11 is 6.28. The number of halogens is 1. The van der Waals surface area contributed by atoms with Crippen molar-refractivity contribution in [2.45, 2.75) is 19.0 Å². The standard InChI is InChI=1S/C30H28ClN5O3/c1-35(2)19-12-18(13-20(14-19)38-3)32-28-25-15-36(16-27(25)33-29(31)34-28)30(37)39-17-26-23-10-6-4-8-21(23)22-9-5-7-11-24(22)26/h4-14,26H,15-17H2,1-3H3,(H,32,33,34). The van der Waals surface area contributed by atoms with Crippen LogP contribution >= 0.6 is 11.6 Å². The van der Waals surface area contributed by atoms with Crippen LogP contribution in [0.5, 0.6) is 5.75 Å². The number of ether oxygens (including phenoxy) is 2. The molecule has 1 N–H and O–H groups in total. The van der Waals surface area contributed by atoms with Gasteiger partial charge in [0.2, 0.25) is 5.28 Å². The Morgan fingerprint density at radius 2 is 1.72 bits per heavy atom. The fourth-order valence-corrected chi connectivity index (χ4v) is 5.50. The molecule has 1 amide bonds. The van der Waals surface area contributed by atoms with Crippen molar-refractivity contribution in [3.63, 3.8) is 0 Å². The molecule has 0 atom stereocenters. The van der Waals surface area contributed by atoms with Gasteiger partial charge in [0.15, 0.2) is 0 Å². The lowest BCUT2D eigenvalue weighted by molar-refractivity contribution is 0.0989. The molecule has 8 nitrogen and oxygen atoms in total. The molecule has 1 aliphatic heterocycles. The summed E-state index contributed by atoms with van der Waals surface area (Å²) in [7, 11) is 5.55. The van der Waals surface area contributed by atoms with Crippen molar-refractivity contribution in [3.05, 3.63) is 94.4 Å². The highest BCUT2D eigenvalue weighted by Crippen LogP contribution is 2.44. The van der Waals surface area contributed by atoms with Gasteiger partial charge in [-0.05, 0) is 39.9 Å². The third-order valence-corrected chi connectivity index (χ3v) is 7.42. The Hall–Kier alpha value is -4.30. The van der Waals surface area contributed by atoms with E-state index < -0.39 is 6.09 Å². The topological polar surface area (TPSA) is 79.8 Å². The van der Waals surface area contributed by atoms with Crippen molar-refractivity contribution in [2.24, 2.45) is 0 Å². The Bertz CT molecular complexity index is 1530. The van der Waals surface area contributed by atoms with Crippen LogP contribution in [0.2, 0.25) is 5.28 Å². The van der Waals surface area contributed by atoms with E-state index in [0.29, 0.717) is 30.4 Å². The molecule has 0 unspecified atom stereocenters. The predicted octanol–water partition coefficient (Wildman–Crippen LogP) is 6.21. The normalized spacial score (nSPS) is 13.5. The SMILES string of the molecule is COc1cc(Nc2nc(Cl)nc3c2CN(C(=O)OCC2c4ccccc4-c4ccccc42)C3)cc(N(C)C)c1. The molecule has 0 saturated heterocycles. The summed E-state index contributed by atoms with van der Waals surface area (Å²) in [5, 5.41) is 3.46. The average Bonchev–Trinajstić information content (AvgIpc) is 3.51. The number of methoxy groups -OCH3 is 1. The molecule has 1 aliphatic carbocycles. The fraction of sp³-hybridized carbons (Fsp3) is 0.233. The number of benzene rings is 3. The van der Waals surface area contributed by atoms with E-state index in [1.54, 1.807) is 12.0 Å². The fourth-order valence-electron chi connectivity index (χ4n) is 5.31. The van der Waals surface area contributed by atoms with Gasteiger partial charge in [-0.1, -0.05) is 48.5 Å². The minimum atomic E-state index is -0.395. The summed E-state index contributed by atoms with van der Waals surface area (Å²) in [4.78, 5) is 25.7. The third kappa shape index (κ3) is 4.72. The summed E-state index contributed by atoms with van der Waals surface area (Å²) < 4.78 is 11.3. The zero-order chi connectivity index (χ0) is 27.1. The second kappa shape index (κ2) is 10.1. The maximum absolute atomic E-state index is 13.2. The van der Waals surface area contributed by atoms with Crippen LogP contribution in [0, 0.1) is 0 Å². The van der Waals surface area contributed by atoms with E-state index in [4.69, 9.17) is 21.1 Å². The highest BCUT2D eigenvalue weighted by Gasteiger charge is 2.32. The van der Waals surface area contributed by atoms with Crippen molar-refractivity contribution in [1.82, 2.24) is 14.9 Å². The number of rotatable bonds is 6. The van der Waals surface area contributed by atoms with Gasteiger partial charge in [-0.3, -0.25) is 4.90 Å². The summed E-state index contributed by atoms with van der Waals surface area (Å²) in [5.74, 6) is 1.26. The quantitative estimate of drug-likeness (QED) is 0.290. The number of anilines is 3. The molecule has 3 aromatic carbocycles. The Morgan fingerprint density at radius 1 is 1.03 bits per heavy atom. The van der Waals surface area contributed by atoms with E-state index in [-0.39, 0.29) is 17.8 Å². The van der Waals surface area contributed by atoms with Crippen LogP contribution in [0.25, 0.3) is 11.1 Å². The van der Waals surface area contributed by atoms with Gasteiger partial charge in [0, 0.05) is 49.1 Å². The summed E-state index contributed by atoms with van der Waals surface area (Å²) in [6.07, 6.45) is -0.395. The van der Waals surface area contributed by atoms with Crippen LogP contribution in [0.3, 0.4) is 0 Å². The average molecular weight is 542 g/mol. The monoisotopic (exact) mass is 541 g/mol. The second-order valence-corrected chi connectivity index (χ2v) is 10.2. The lowest BCUT2D eigenvalue weighted by atomic mass is 9.98. The van der Waals surface area contributed by atoms with E-state index in [9.17, 15) is 4.79 Å². The maximum atomic E-state index is 13.2. The zero-order valence-electron chi connectivity index (χ0n) is 21.9. The van der Waals surface area contributed by atoms with E-state index >= 15 is 0 Å². The van der Waals surface area contributed by atoms with Crippen LogP contribution in [0.1, 0.15) is 28.3 Å². The number of amides is 1. The Morgan fingerprint density at radius 3 is 2.38 bits per heavy atom. The van der Waals surface area contributed by atoms with Crippen molar-refractivity contribution >= 4 is 34.9 Å². The number of hydrogen-bond acceptors (Lipinski definition) is 7. The molecule has 2 heterocycles. The van der Waals surface area contributed by atoms with Crippen LogP contribution in [0.4, 0.5) is 22.0 Å². The molecule has 4 aromatic rings. The molecule has 0 fully saturated rings. The van der Waals surface area contributed by atoms with E-state index in [1.807, 2.05) is 61.5 Å². The first-order valence-corrected chi connectivity index (χ1v) is 13.1. The Balaban J connectivity index is 1.19. The molecular weight excluding hydrogens is 514 g/mol. The van der Waals surface area contributed by atoms with Crippen molar-refractivity contribution in [2.75, 3.05) is 38.0 Å². The molecule has 2 aliphatic rings. The van der Waals surface area contributed by atoms with Gasteiger partial charge in [0.05, 0.1) is 25.9 Å². The van der Waals surface area contributed by atoms with Crippen LogP contribution in [0.15, 0.2) is 66.7 Å². The van der Waals surface area contributed by atoms with Gasteiger partial charge in [-0.2, -0.15) is 0 Å². The molecule has 6 rings (SSSR count). The van der Waals surface area contributed by atoms with Gasteiger partial charge in [0.25, 0.3) is 0 Å². The summed E-state index contributed by atoms with van der Waals surface area (Å²) in [6, 6.07) is 22.4. The van der Waals surface area contributed by atoms with Crippen molar-refractivity contribution in [3.8, 4) is 16.9 Å². The number of nitrogens with zero attached hydrogens (tertiary/aromatic N) is 4. The molecule has 1 aromatic heterocycles. The number of carbonyl (C=O) groups excluding carboxylic acids is 1. The first-order chi connectivity index (χ1) is 18.9. The molecule has 39 heavy (non-hydrogen) atoms. The summed E-state index contributed by atoms with van der Waals surface area (Å²) in [6.45, 7) is 0.869. The molecular formula is C30H28ClN5O3. The minimum absolute atomic E-state index is 0.00301. The molecule has 0 radical (unpaired) electrons. The van der Waals surface area contributed by atoms with Gasteiger partial charge < -0.3 is 19.7 Å². The van der Waals surface area contributed by atoms with E-state index in [1.165, 1.54) is 22.3 Å². The number of fused-ring (bicyclic) bond motifs is 4. The van der Waals surface area contributed by atoms with Gasteiger partial charge >= 0.3 is 6.09 Å². The molecule has 0 saturated carbocycles. The Labute approximate surface area is 232 Å². The number of nitrogens with one attached hydrogen (secondary N) is 1. The number of carbonyl (C=O) groups is 1. The minimum Gasteiger partial charge on any atom is -0.497 e. The third-order valence-electron chi connectivity index (χ3n) is 7.26. The lowest BCUT2D eigenvalue weighted by Gasteiger charge is -2.19. The first-order valence-electron chi connectivity index (χ1n) is 12.7.